The summed E-state index contributed by atoms with van der Waals surface area (Å²) in [5.41, 5.74) is 2.36. The standard InChI is InChI=1S/C15H19NO/c1-11(2)10-16-7-6-14-9-13(8-12(3)17)4-5-15(14)16/h4-7,9,11H,8,10H2,1-3H3. The predicted octanol–water partition coefficient (Wildman–Crippen LogP) is 3.43. The van der Waals surface area contributed by atoms with Crippen molar-refractivity contribution < 1.29 is 4.79 Å². The molecule has 0 N–H and O–H groups in total. The van der Waals surface area contributed by atoms with E-state index in [1.54, 1.807) is 6.92 Å². The summed E-state index contributed by atoms with van der Waals surface area (Å²) in [7, 11) is 0. The molecule has 0 amide bonds. The van der Waals surface area contributed by atoms with Crippen LogP contribution in [0.2, 0.25) is 0 Å². The Balaban J connectivity index is 2.34. The lowest BCUT2D eigenvalue weighted by atomic mass is 10.1. The van der Waals surface area contributed by atoms with Crippen molar-refractivity contribution in [1.82, 2.24) is 4.57 Å². The second-order valence-corrected chi connectivity index (χ2v) is 5.13. The number of fused-ring (bicyclic) bond motifs is 1. The van der Waals surface area contributed by atoms with E-state index in [9.17, 15) is 4.79 Å². The van der Waals surface area contributed by atoms with Crippen LogP contribution in [0.1, 0.15) is 26.3 Å². The number of hydrogen-bond acceptors (Lipinski definition) is 1. The van der Waals surface area contributed by atoms with Crippen molar-refractivity contribution in [3.8, 4) is 0 Å². The van der Waals surface area contributed by atoms with Gasteiger partial charge in [0.15, 0.2) is 0 Å². The zero-order valence-electron chi connectivity index (χ0n) is 10.7. The first-order valence-electron chi connectivity index (χ1n) is 6.13. The van der Waals surface area contributed by atoms with Crippen molar-refractivity contribution in [1.29, 1.82) is 0 Å². The normalized spacial score (nSPS) is 11.3. The highest BCUT2D eigenvalue weighted by Crippen LogP contribution is 2.19. The summed E-state index contributed by atoms with van der Waals surface area (Å²) in [5, 5.41) is 1.23. The Morgan fingerprint density at radius 2 is 2.06 bits per heavy atom. The van der Waals surface area contributed by atoms with E-state index in [0.717, 1.165) is 12.1 Å². The summed E-state index contributed by atoms with van der Waals surface area (Å²) in [6.45, 7) is 7.11. The second kappa shape index (κ2) is 4.74. The zero-order chi connectivity index (χ0) is 12.4. The highest BCUT2D eigenvalue weighted by Gasteiger charge is 2.04. The largest absolute Gasteiger partial charge is 0.347 e. The van der Waals surface area contributed by atoms with Gasteiger partial charge in [0.05, 0.1) is 0 Å². The first-order chi connectivity index (χ1) is 8.06. The van der Waals surface area contributed by atoms with Gasteiger partial charge in [-0.15, -0.1) is 0 Å². The van der Waals surface area contributed by atoms with E-state index in [4.69, 9.17) is 0 Å². The maximum Gasteiger partial charge on any atom is 0.134 e. The van der Waals surface area contributed by atoms with Crippen LogP contribution >= 0.6 is 0 Å². The molecule has 2 aromatic rings. The lowest BCUT2D eigenvalue weighted by Crippen LogP contribution is -2.02. The van der Waals surface area contributed by atoms with Crippen molar-refractivity contribution in [2.24, 2.45) is 5.92 Å². The van der Waals surface area contributed by atoms with E-state index in [-0.39, 0.29) is 5.78 Å². The molecule has 2 rings (SSSR count). The summed E-state index contributed by atoms with van der Waals surface area (Å²) in [5.74, 6) is 0.855. The molecular weight excluding hydrogens is 210 g/mol. The number of ketones is 1. The summed E-state index contributed by atoms with van der Waals surface area (Å²) >= 11 is 0. The summed E-state index contributed by atoms with van der Waals surface area (Å²) < 4.78 is 2.28. The highest BCUT2D eigenvalue weighted by atomic mass is 16.1. The molecule has 17 heavy (non-hydrogen) atoms. The number of hydrogen-bond donors (Lipinski definition) is 0. The van der Waals surface area contributed by atoms with Crippen LogP contribution in [-0.2, 0) is 17.8 Å². The summed E-state index contributed by atoms with van der Waals surface area (Å²) in [6.07, 6.45) is 2.66. The van der Waals surface area contributed by atoms with E-state index in [2.05, 4.69) is 48.9 Å². The minimum absolute atomic E-state index is 0.214. The highest BCUT2D eigenvalue weighted by molar-refractivity contribution is 5.84. The van der Waals surface area contributed by atoms with Gasteiger partial charge < -0.3 is 4.57 Å². The minimum atomic E-state index is 0.214. The molecule has 0 bridgehead atoms. The number of aromatic nitrogens is 1. The molecule has 0 spiro atoms. The van der Waals surface area contributed by atoms with Gasteiger partial charge in [-0.05, 0) is 42.0 Å². The number of nitrogens with zero attached hydrogens (tertiary/aromatic N) is 1. The van der Waals surface area contributed by atoms with E-state index < -0.39 is 0 Å². The first-order valence-corrected chi connectivity index (χ1v) is 6.13. The van der Waals surface area contributed by atoms with Gasteiger partial charge in [0, 0.05) is 24.7 Å². The first kappa shape index (κ1) is 11.9. The smallest absolute Gasteiger partial charge is 0.134 e. The Labute approximate surface area is 102 Å². The maximum absolute atomic E-state index is 11.1. The molecule has 1 aromatic heterocycles. The molecule has 0 saturated carbocycles. The van der Waals surface area contributed by atoms with Crippen LogP contribution in [0.5, 0.6) is 0 Å². The Morgan fingerprint density at radius 3 is 2.71 bits per heavy atom. The molecule has 0 radical (unpaired) electrons. The van der Waals surface area contributed by atoms with Crippen LogP contribution in [0.25, 0.3) is 10.9 Å². The third-order valence-corrected chi connectivity index (χ3v) is 2.85. The third kappa shape index (κ3) is 2.76. The average Bonchev–Trinajstić information content (AvgIpc) is 2.59. The van der Waals surface area contributed by atoms with Crippen LogP contribution in [0.3, 0.4) is 0 Å². The van der Waals surface area contributed by atoms with Gasteiger partial charge >= 0.3 is 0 Å². The van der Waals surface area contributed by atoms with E-state index in [0.29, 0.717) is 12.3 Å². The van der Waals surface area contributed by atoms with Gasteiger partial charge in [-0.3, -0.25) is 4.79 Å². The predicted molar refractivity (Wildman–Crippen MR) is 71.2 cm³/mol. The molecule has 1 heterocycles. The van der Waals surface area contributed by atoms with Gasteiger partial charge in [-0.2, -0.15) is 0 Å². The SMILES string of the molecule is CC(=O)Cc1ccc2c(ccn2CC(C)C)c1. The van der Waals surface area contributed by atoms with Crippen LogP contribution in [-0.4, -0.2) is 10.4 Å². The lowest BCUT2D eigenvalue weighted by molar-refractivity contribution is -0.116. The van der Waals surface area contributed by atoms with Gasteiger partial charge in [0.25, 0.3) is 0 Å². The van der Waals surface area contributed by atoms with Crippen LogP contribution < -0.4 is 0 Å². The monoisotopic (exact) mass is 229 g/mol. The molecule has 90 valence electrons. The molecule has 0 aliphatic carbocycles. The topological polar surface area (TPSA) is 22.0 Å². The summed E-state index contributed by atoms with van der Waals surface area (Å²) in [4.78, 5) is 11.1. The van der Waals surface area contributed by atoms with E-state index in [1.165, 1.54) is 10.9 Å². The number of carbonyl (C=O) groups excluding carboxylic acids is 1. The fraction of sp³-hybridized carbons (Fsp3) is 0.400. The number of Topliss-reactive ketones (excluding diaryl/α,β-unsaturated/α-hetero) is 1. The number of carbonyl (C=O) groups is 1. The van der Waals surface area contributed by atoms with Crippen molar-refractivity contribution in [3.63, 3.8) is 0 Å². The molecule has 0 fully saturated rings. The van der Waals surface area contributed by atoms with Gasteiger partial charge in [0.1, 0.15) is 5.78 Å². The molecule has 0 aliphatic heterocycles. The van der Waals surface area contributed by atoms with Crippen LogP contribution in [0.4, 0.5) is 0 Å². The number of rotatable bonds is 4. The van der Waals surface area contributed by atoms with Crippen molar-refractivity contribution >= 4 is 16.7 Å². The molecule has 2 nitrogen and oxygen atoms in total. The quantitative estimate of drug-likeness (QED) is 0.787. The molecule has 1 aromatic carbocycles. The minimum Gasteiger partial charge on any atom is -0.347 e. The second-order valence-electron chi connectivity index (χ2n) is 5.13. The Hall–Kier alpha value is -1.57. The van der Waals surface area contributed by atoms with E-state index in [1.807, 2.05) is 0 Å². The van der Waals surface area contributed by atoms with Gasteiger partial charge in [-0.1, -0.05) is 19.9 Å². The van der Waals surface area contributed by atoms with Gasteiger partial charge in [0.2, 0.25) is 0 Å². The summed E-state index contributed by atoms with van der Waals surface area (Å²) in [6, 6.07) is 8.42. The molecule has 0 saturated heterocycles. The van der Waals surface area contributed by atoms with Crippen molar-refractivity contribution in [3.05, 3.63) is 36.0 Å². The fourth-order valence-corrected chi connectivity index (χ4v) is 2.20. The fourth-order valence-electron chi connectivity index (χ4n) is 2.20. The molecule has 2 heteroatoms. The zero-order valence-corrected chi connectivity index (χ0v) is 10.7. The maximum atomic E-state index is 11.1. The molecule has 0 atom stereocenters. The molecular formula is C15H19NO. The molecule has 0 unspecified atom stereocenters. The van der Waals surface area contributed by atoms with Crippen LogP contribution in [0.15, 0.2) is 30.5 Å². The van der Waals surface area contributed by atoms with Crippen molar-refractivity contribution in [2.75, 3.05) is 0 Å². The Morgan fingerprint density at radius 1 is 1.29 bits per heavy atom. The Kier molecular flexibility index (Phi) is 3.32. The molecule has 0 aliphatic rings. The van der Waals surface area contributed by atoms with E-state index >= 15 is 0 Å². The van der Waals surface area contributed by atoms with Gasteiger partial charge in [-0.25, -0.2) is 0 Å². The van der Waals surface area contributed by atoms with Crippen molar-refractivity contribution in [2.45, 2.75) is 33.7 Å². The van der Waals surface area contributed by atoms with Crippen LogP contribution in [0, 0.1) is 5.92 Å². The Bertz CT molecular complexity index is 537. The lowest BCUT2D eigenvalue weighted by Gasteiger charge is -2.08. The number of benzene rings is 1. The average molecular weight is 229 g/mol. The third-order valence-electron chi connectivity index (χ3n) is 2.85.